The molecule has 3 aromatic rings. The Balaban J connectivity index is 1.98. The number of carbonyl (C=O) groups excluding carboxylic acids is 1. The first-order chi connectivity index (χ1) is 13.3. The average molecular weight is 439 g/mol. The van der Waals surface area contributed by atoms with Gasteiger partial charge < -0.3 is 10.4 Å². The monoisotopic (exact) mass is 438 g/mol. The molecule has 7 nitrogen and oxygen atoms in total. The summed E-state index contributed by atoms with van der Waals surface area (Å²) in [6.45, 7) is 0. The van der Waals surface area contributed by atoms with Crippen molar-refractivity contribution in [1.29, 1.82) is 0 Å². The number of nitro groups is 1. The number of halogens is 2. The summed E-state index contributed by atoms with van der Waals surface area (Å²) in [5.74, 6) is -1.78. The number of rotatable bonds is 6. The number of benzene rings is 2. The Labute approximate surface area is 172 Å². The molecule has 0 fully saturated rings. The lowest BCUT2D eigenvalue weighted by Crippen LogP contribution is -2.30. The third-order valence-electron chi connectivity index (χ3n) is 3.99. The van der Waals surface area contributed by atoms with E-state index < -0.39 is 29.3 Å². The van der Waals surface area contributed by atoms with Gasteiger partial charge in [0.2, 0.25) is 0 Å². The van der Waals surface area contributed by atoms with Gasteiger partial charge in [-0.1, -0.05) is 41.4 Å². The molecular formula is C18H12Cl2N2O5S. The van der Waals surface area contributed by atoms with E-state index in [1.807, 2.05) is 12.1 Å². The van der Waals surface area contributed by atoms with Crippen LogP contribution < -0.4 is 5.32 Å². The second-order valence-electron chi connectivity index (χ2n) is 5.83. The largest absolute Gasteiger partial charge is 0.481 e. The predicted octanol–water partition coefficient (Wildman–Crippen LogP) is 5.06. The number of nitro benzene ring substituents is 1. The maximum absolute atomic E-state index is 12.8. The maximum Gasteiger partial charge on any atom is 0.305 e. The summed E-state index contributed by atoms with van der Waals surface area (Å²) < 4.78 is 0.806. The van der Waals surface area contributed by atoms with Crippen LogP contribution in [0.3, 0.4) is 0 Å². The molecule has 0 aliphatic carbocycles. The zero-order chi connectivity index (χ0) is 20.4. The quantitative estimate of drug-likeness (QED) is 0.412. The number of hydrogen-bond donors (Lipinski definition) is 2. The van der Waals surface area contributed by atoms with Crippen molar-refractivity contribution in [2.24, 2.45) is 0 Å². The lowest BCUT2D eigenvalue weighted by atomic mass is 10.0. The SMILES string of the molecule is O=C(O)CC(NC(=O)c1sc2ccccc2c1Cl)c1cc([N+](=O)[O-])ccc1Cl. The fourth-order valence-electron chi connectivity index (χ4n) is 2.71. The van der Waals surface area contributed by atoms with E-state index in [0.717, 1.165) is 10.8 Å². The van der Waals surface area contributed by atoms with Crippen molar-refractivity contribution in [1.82, 2.24) is 5.32 Å². The van der Waals surface area contributed by atoms with Crippen LogP contribution >= 0.6 is 34.5 Å². The zero-order valence-corrected chi connectivity index (χ0v) is 16.3. The number of thiophene rings is 1. The van der Waals surface area contributed by atoms with Gasteiger partial charge in [0.15, 0.2) is 0 Å². The number of carboxylic acids is 1. The minimum atomic E-state index is -1.20. The highest BCUT2D eigenvalue weighted by Gasteiger charge is 2.25. The van der Waals surface area contributed by atoms with E-state index in [4.69, 9.17) is 23.2 Å². The third kappa shape index (κ3) is 4.09. The highest BCUT2D eigenvalue weighted by Crippen LogP contribution is 2.36. The fraction of sp³-hybridized carbons (Fsp3) is 0.111. The number of fused-ring (bicyclic) bond motifs is 1. The summed E-state index contributed by atoms with van der Waals surface area (Å²) in [4.78, 5) is 34.7. The van der Waals surface area contributed by atoms with Crippen molar-refractivity contribution in [3.8, 4) is 0 Å². The summed E-state index contributed by atoms with van der Waals surface area (Å²) >= 11 is 13.6. The smallest absolute Gasteiger partial charge is 0.305 e. The first-order valence-corrected chi connectivity index (χ1v) is 9.48. The van der Waals surface area contributed by atoms with E-state index in [-0.39, 0.29) is 26.2 Å². The van der Waals surface area contributed by atoms with Crippen LogP contribution in [0, 0.1) is 10.1 Å². The normalized spacial score (nSPS) is 11.9. The van der Waals surface area contributed by atoms with Gasteiger partial charge in [0.25, 0.3) is 11.6 Å². The molecule has 1 heterocycles. The summed E-state index contributed by atoms with van der Waals surface area (Å²) in [6.07, 6.45) is -0.505. The Bertz CT molecular complexity index is 1100. The number of aliphatic carboxylic acids is 1. The molecular weight excluding hydrogens is 427 g/mol. The van der Waals surface area contributed by atoms with Crippen LogP contribution in [0.2, 0.25) is 10.0 Å². The molecule has 1 unspecified atom stereocenters. The van der Waals surface area contributed by atoms with Crippen molar-refractivity contribution in [3.05, 3.63) is 73.1 Å². The minimum absolute atomic E-state index is 0.111. The molecule has 1 atom stereocenters. The number of carbonyl (C=O) groups is 2. The van der Waals surface area contributed by atoms with Crippen molar-refractivity contribution >= 4 is 62.2 Å². The van der Waals surface area contributed by atoms with Crippen molar-refractivity contribution in [3.63, 3.8) is 0 Å². The van der Waals surface area contributed by atoms with Crippen LogP contribution in [0.25, 0.3) is 10.1 Å². The highest BCUT2D eigenvalue weighted by molar-refractivity contribution is 7.21. The first-order valence-electron chi connectivity index (χ1n) is 7.91. The zero-order valence-electron chi connectivity index (χ0n) is 14.0. The number of carboxylic acid groups (broad SMARTS) is 1. The summed E-state index contributed by atoms with van der Waals surface area (Å²) in [5, 5.41) is 23.9. The Morgan fingerprint density at radius 3 is 2.57 bits per heavy atom. The van der Waals surface area contributed by atoms with Crippen LogP contribution in [0.5, 0.6) is 0 Å². The lowest BCUT2D eigenvalue weighted by Gasteiger charge is -2.18. The second kappa shape index (κ2) is 8.14. The van der Waals surface area contributed by atoms with Crippen LogP contribution in [0.4, 0.5) is 5.69 Å². The molecule has 10 heteroatoms. The molecule has 1 aromatic heterocycles. The Morgan fingerprint density at radius 2 is 1.93 bits per heavy atom. The molecule has 0 saturated carbocycles. The third-order valence-corrected chi connectivity index (χ3v) is 6.01. The van der Waals surface area contributed by atoms with Crippen LogP contribution in [-0.2, 0) is 4.79 Å². The molecule has 0 aliphatic heterocycles. The molecule has 28 heavy (non-hydrogen) atoms. The van der Waals surface area contributed by atoms with Gasteiger partial charge in [-0.3, -0.25) is 19.7 Å². The molecule has 0 saturated heterocycles. The molecule has 144 valence electrons. The van der Waals surface area contributed by atoms with E-state index in [9.17, 15) is 24.8 Å². The van der Waals surface area contributed by atoms with Gasteiger partial charge in [0, 0.05) is 32.8 Å². The van der Waals surface area contributed by atoms with E-state index in [1.54, 1.807) is 12.1 Å². The summed E-state index contributed by atoms with van der Waals surface area (Å²) in [6, 6.07) is 9.77. The summed E-state index contributed by atoms with van der Waals surface area (Å²) in [7, 11) is 0. The standard InChI is InChI=1S/C18H12Cl2N2O5S/c19-12-6-5-9(22(26)27)7-11(12)13(8-15(23)24)21-18(25)17-16(20)10-3-1-2-4-14(10)28-17/h1-7,13H,8H2,(H,21,25)(H,23,24). The van der Waals surface area contributed by atoms with E-state index in [2.05, 4.69) is 5.32 Å². The molecule has 3 rings (SSSR count). The lowest BCUT2D eigenvalue weighted by molar-refractivity contribution is -0.384. The first kappa shape index (κ1) is 20.1. The Hall–Kier alpha value is -2.68. The second-order valence-corrected chi connectivity index (χ2v) is 7.67. The minimum Gasteiger partial charge on any atom is -0.481 e. The van der Waals surface area contributed by atoms with Gasteiger partial charge in [-0.25, -0.2) is 0 Å². The van der Waals surface area contributed by atoms with Crippen molar-refractivity contribution in [2.45, 2.75) is 12.5 Å². The van der Waals surface area contributed by atoms with E-state index >= 15 is 0 Å². The van der Waals surface area contributed by atoms with Crippen molar-refractivity contribution in [2.75, 3.05) is 0 Å². The Kier molecular flexibility index (Phi) is 5.83. The summed E-state index contributed by atoms with van der Waals surface area (Å²) in [5.41, 5.74) is -0.118. The van der Waals surface area contributed by atoms with Gasteiger partial charge in [0.1, 0.15) is 4.88 Å². The highest BCUT2D eigenvalue weighted by atomic mass is 35.5. The van der Waals surface area contributed by atoms with Gasteiger partial charge in [-0.05, 0) is 12.1 Å². The van der Waals surface area contributed by atoms with Gasteiger partial charge >= 0.3 is 5.97 Å². The topological polar surface area (TPSA) is 110 Å². The molecule has 0 aliphatic rings. The van der Waals surface area contributed by atoms with Crippen molar-refractivity contribution < 1.29 is 19.6 Å². The van der Waals surface area contributed by atoms with E-state index in [0.29, 0.717) is 5.39 Å². The number of non-ortho nitro benzene ring substituents is 1. The predicted molar refractivity (Wildman–Crippen MR) is 107 cm³/mol. The molecule has 2 N–H and O–H groups in total. The van der Waals surface area contributed by atoms with Crippen LogP contribution in [-0.4, -0.2) is 21.9 Å². The average Bonchev–Trinajstić information content (AvgIpc) is 2.98. The van der Waals surface area contributed by atoms with Crippen LogP contribution in [0.1, 0.15) is 27.7 Å². The number of nitrogens with zero attached hydrogens (tertiary/aromatic N) is 1. The number of amides is 1. The Morgan fingerprint density at radius 1 is 1.21 bits per heavy atom. The maximum atomic E-state index is 12.8. The number of nitrogens with one attached hydrogen (secondary N) is 1. The molecule has 0 bridgehead atoms. The van der Waals surface area contributed by atoms with Gasteiger partial charge in [-0.2, -0.15) is 0 Å². The van der Waals surface area contributed by atoms with E-state index in [1.165, 1.54) is 23.5 Å². The molecule has 0 radical (unpaired) electrons. The number of hydrogen-bond acceptors (Lipinski definition) is 5. The molecule has 1 amide bonds. The van der Waals surface area contributed by atoms with Gasteiger partial charge in [-0.15, -0.1) is 11.3 Å². The van der Waals surface area contributed by atoms with Gasteiger partial charge in [0.05, 0.1) is 22.4 Å². The fourth-order valence-corrected chi connectivity index (χ4v) is 4.38. The molecule has 0 spiro atoms. The van der Waals surface area contributed by atoms with Crippen LogP contribution in [0.15, 0.2) is 42.5 Å². The molecule has 2 aromatic carbocycles.